The van der Waals surface area contributed by atoms with Crippen molar-refractivity contribution in [3.05, 3.63) is 84.1 Å². The fraction of sp³-hybridized carbons (Fsp3) is 0.0455. The van der Waals surface area contributed by atoms with Crippen LogP contribution in [0, 0.1) is 0 Å². The molecule has 0 aliphatic carbocycles. The molecular weight excluding hydrogens is 310 g/mol. The molecule has 0 unspecified atom stereocenters. The molecule has 0 radical (unpaired) electrons. The lowest BCUT2D eigenvalue weighted by atomic mass is 10.0. The van der Waals surface area contributed by atoms with Gasteiger partial charge in [0.15, 0.2) is 5.76 Å². The summed E-state index contributed by atoms with van der Waals surface area (Å²) in [6, 6.07) is 23.6. The first-order chi connectivity index (χ1) is 12.2. The Morgan fingerprint density at radius 3 is 2.48 bits per heavy atom. The minimum absolute atomic E-state index is 0.0916. The first-order valence-corrected chi connectivity index (χ1v) is 8.23. The zero-order valence-electron chi connectivity index (χ0n) is 13.7. The zero-order valence-corrected chi connectivity index (χ0v) is 13.7. The molecule has 120 valence electrons. The van der Waals surface area contributed by atoms with Crippen LogP contribution in [0.5, 0.6) is 0 Å². The predicted molar refractivity (Wildman–Crippen MR) is 100 cm³/mol. The van der Waals surface area contributed by atoms with Crippen molar-refractivity contribution in [1.29, 1.82) is 0 Å². The summed E-state index contributed by atoms with van der Waals surface area (Å²) in [5.74, 6) is 0.284. The van der Waals surface area contributed by atoms with Gasteiger partial charge in [0.25, 0.3) is 0 Å². The lowest BCUT2D eigenvalue weighted by molar-refractivity contribution is 0.101. The number of nitrogens with zero attached hydrogens (tertiary/aromatic N) is 1. The molecule has 5 aromatic rings. The van der Waals surface area contributed by atoms with Crippen LogP contribution in [0.2, 0.25) is 0 Å². The molecule has 0 aliphatic heterocycles. The fourth-order valence-corrected chi connectivity index (χ4v) is 3.55. The van der Waals surface area contributed by atoms with Crippen LogP contribution in [-0.2, 0) is 7.05 Å². The average molecular weight is 325 g/mol. The van der Waals surface area contributed by atoms with Crippen LogP contribution in [-0.4, -0.2) is 10.4 Å². The van der Waals surface area contributed by atoms with Crippen molar-refractivity contribution < 1.29 is 9.21 Å². The number of hydrogen-bond acceptors (Lipinski definition) is 2. The molecule has 0 atom stereocenters. The number of furan rings is 1. The van der Waals surface area contributed by atoms with Gasteiger partial charge in [0.2, 0.25) is 5.78 Å². The van der Waals surface area contributed by atoms with Crippen LogP contribution in [0.4, 0.5) is 0 Å². The molecule has 0 bridgehead atoms. The van der Waals surface area contributed by atoms with Gasteiger partial charge in [0, 0.05) is 39.8 Å². The molecule has 3 heteroatoms. The van der Waals surface area contributed by atoms with E-state index < -0.39 is 0 Å². The lowest BCUT2D eigenvalue weighted by Gasteiger charge is -2.00. The third kappa shape index (κ3) is 2.02. The highest BCUT2D eigenvalue weighted by Gasteiger charge is 2.16. The van der Waals surface area contributed by atoms with E-state index in [-0.39, 0.29) is 5.78 Å². The number of benzene rings is 3. The van der Waals surface area contributed by atoms with E-state index in [2.05, 4.69) is 16.7 Å². The Labute approximate surface area is 144 Å². The molecule has 0 N–H and O–H groups in total. The van der Waals surface area contributed by atoms with Gasteiger partial charge in [0.1, 0.15) is 5.58 Å². The van der Waals surface area contributed by atoms with E-state index in [1.54, 1.807) is 0 Å². The smallest absolute Gasteiger partial charge is 0.228 e. The molecule has 0 saturated heterocycles. The molecular formula is C22H15NO2. The van der Waals surface area contributed by atoms with Crippen LogP contribution in [0.25, 0.3) is 32.8 Å². The summed E-state index contributed by atoms with van der Waals surface area (Å²) in [4.78, 5) is 12.9. The largest absolute Gasteiger partial charge is 0.453 e. The SMILES string of the molecule is Cn1c2ccccc2c2cc(C(=O)c3cc4ccccc4o3)ccc21. The average Bonchev–Trinajstić information content (AvgIpc) is 3.21. The number of rotatable bonds is 2. The fourth-order valence-electron chi connectivity index (χ4n) is 3.55. The lowest BCUT2D eigenvalue weighted by Crippen LogP contribution is -1.99. The van der Waals surface area contributed by atoms with Gasteiger partial charge < -0.3 is 8.98 Å². The standard InChI is InChI=1S/C22H15NO2/c1-23-18-8-4-3-7-16(18)17-12-15(10-11-19(17)23)22(24)21-13-14-6-2-5-9-20(14)25-21/h2-13H,1H3. The molecule has 0 amide bonds. The number of hydrogen-bond donors (Lipinski definition) is 0. The minimum Gasteiger partial charge on any atom is -0.453 e. The Hall–Kier alpha value is -3.33. The summed E-state index contributed by atoms with van der Waals surface area (Å²) in [6.07, 6.45) is 0. The molecule has 5 rings (SSSR count). The van der Waals surface area contributed by atoms with Crippen molar-refractivity contribution in [2.45, 2.75) is 0 Å². The number of carbonyl (C=O) groups is 1. The molecule has 3 nitrogen and oxygen atoms in total. The van der Waals surface area contributed by atoms with Crippen molar-refractivity contribution in [2.24, 2.45) is 7.05 Å². The van der Waals surface area contributed by atoms with E-state index in [0.29, 0.717) is 11.3 Å². The Balaban J connectivity index is 1.69. The van der Waals surface area contributed by atoms with Gasteiger partial charge in [-0.2, -0.15) is 0 Å². The second-order valence-corrected chi connectivity index (χ2v) is 6.29. The van der Waals surface area contributed by atoms with Crippen LogP contribution in [0.3, 0.4) is 0 Å². The summed E-state index contributed by atoms with van der Waals surface area (Å²) in [5, 5.41) is 3.18. The first-order valence-electron chi connectivity index (χ1n) is 8.23. The van der Waals surface area contributed by atoms with E-state index in [1.165, 1.54) is 0 Å². The number of aromatic nitrogens is 1. The molecule has 2 aromatic heterocycles. The number of carbonyl (C=O) groups excluding carboxylic acids is 1. The van der Waals surface area contributed by atoms with Crippen molar-refractivity contribution in [3.8, 4) is 0 Å². The van der Waals surface area contributed by atoms with Gasteiger partial charge in [-0.3, -0.25) is 4.79 Å². The van der Waals surface area contributed by atoms with E-state index in [1.807, 2.05) is 67.7 Å². The number of fused-ring (bicyclic) bond motifs is 4. The highest BCUT2D eigenvalue weighted by atomic mass is 16.3. The monoisotopic (exact) mass is 325 g/mol. The highest BCUT2D eigenvalue weighted by Crippen LogP contribution is 2.30. The molecule has 2 heterocycles. The van der Waals surface area contributed by atoms with Gasteiger partial charge in [-0.15, -0.1) is 0 Å². The molecule has 0 aliphatic rings. The number of ketones is 1. The molecule has 0 fully saturated rings. The zero-order chi connectivity index (χ0) is 17.0. The van der Waals surface area contributed by atoms with Gasteiger partial charge in [0.05, 0.1) is 0 Å². The number of aryl methyl sites for hydroxylation is 1. The topological polar surface area (TPSA) is 35.1 Å². The number of para-hydroxylation sites is 2. The molecule has 0 saturated carbocycles. The summed E-state index contributed by atoms with van der Waals surface area (Å²) >= 11 is 0. The van der Waals surface area contributed by atoms with Crippen molar-refractivity contribution >= 4 is 38.6 Å². The summed E-state index contributed by atoms with van der Waals surface area (Å²) in [7, 11) is 2.05. The van der Waals surface area contributed by atoms with Gasteiger partial charge in [-0.25, -0.2) is 0 Å². The van der Waals surface area contributed by atoms with Crippen LogP contribution < -0.4 is 0 Å². The van der Waals surface area contributed by atoms with E-state index in [0.717, 1.165) is 32.8 Å². The first kappa shape index (κ1) is 14.1. The second-order valence-electron chi connectivity index (χ2n) is 6.29. The Morgan fingerprint density at radius 2 is 1.60 bits per heavy atom. The highest BCUT2D eigenvalue weighted by molar-refractivity contribution is 6.14. The third-order valence-corrected chi connectivity index (χ3v) is 4.82. The molecule has 25 heavy (non-hydrogen) atoms. The van der Waals surface area contributed by atoms with Crippen molar-refractivity contribution in [2.75, 3.05) is 0 Å². The predicted octanol–water partition coefficient (Wildman–Crippen LogP) is 5.31. The van der Waals surface area contributed by atoms with Crippen molar-refractivity contribution in [1.82, 2.24) is 4.57 Å². The Kier molecular flexibility index (Phi) is 2.86. The maximum absolute atomic E-state index is 12.9. The second kappa shape index (κ2) is 5.08. The van der Waals surface area contributed by atoms with E-state index in [9.17, 15) is 4.79 Å². The third-order valence-electron chi connectivity index (χ3n) is 4.82. The normalized spacial score (nSPS) is 11.6. The van der Waals surface area contributed by atoms with Gasteiger partial charge in [-0.05, 0) is 36.4 Å². The summed E-state index contributed by atoms with van der Waals surface area (Å²) in [5.41, 5.74) is 3.65. The Morgan fingerprint density at radius 1 is 0.840 bits per heavy atom. The van der Waals surface area contributed by atoms with Crippen LogP contribution in [0.15, 0.2) is 77.2 Å². The summed E-state index contributed by atoms with van der Waals surface area (Å²) < 4.78 is 7.89. The van der Waals surface area contributed by atoms with E-state index >= 15 is 0 Å². The van der Waals surface area contributed by atoms with Crippen LogP contribution >= 0.6 is 0 Å². The summed E-state index contributed by atoms with van der Waals surface area (Å²) in [6.45, 7) is 0. The maximum Gasteiger partial charge on any atom is 0.228 e. The van der Waals surface area contributed by atoms with Gasteiger partial charge in [-0.1, -0.05) is 36.4 Å². The molecule has 0 spiro atoms. The maximum atomic E-state index is 12.9. The van der Waals surface area contributed by atoms with Crippen molar-refractivity contribution in [3.63, 3.8) is 0 Å². The van der Waals surface area contributed by atoms with E-state index in [4.69, 9.17) is 4.42 Å². The minimum atomic E-state index is -0.0916. The van der Waals surface area contributed by atoms with Gasteiger partial charge >= 0.3 is 0 Å². The Bertz CT molecular complexity index is 1240. The van der Waals surface area contributed by atoms with Crippen LogP contribution in [0.1, 0.15) is 16.1 Å². The quantitative estimate of drug-likeness (QED) is 0.412. The molecule has 3 aromatic carbocycles.